The van der Waals surface area contributed by atoms with Crippen LogP contribution in [0.15, 0.2) is 101 Å². The SMILES string of the molecule is O=C1N[C@@H](c2ccccc2)C(C(=O)c2ccccc2)=C1Nc1ccc(Br)cc1. The van der Waals surface area contributed by atoms with Gasteiger partial charge < -0.3 is 10.6 Å². The maximum absolute atomic E-state index is 13.3. The molecule has 5 heteroatoms. The molecule has 3 aromatic rings. The van der Waals surface area contributed by atoms with Crippen molar-refractivity contribution in [3.63, 3.8) is 0 Å². The maximum atomic E-state index is 13.3. The first-order valence-corrected chi connectivity index (χ1v) is 9.65. The number of carbonyl (C=O) groups excluding carboxylic acids is 2. The third-order valence-electron chi connectivity index (χ3n) is 4.59. The summed E-state index contributed by atoms with van der Waals surface area (Å²) in [5.74, 6) is -0.469. The minimum Gasteiger partial charge on any atom is -0.351 e. The van der Waals surface area contributed by atoms with Crippen LogP contribution in [0.4, 0.5) is 5.69 Å². The minimum atomic E-state index is -0.501. The summed E-state index contributed by atoms with van der Waals surface area (Å²) in [5.41, 5.74) is 2.85. The number of ketones is 1. The monoisotopic (exact) mass is 432 g/mol. The van der Waals surface area contributed by atoms with E-state index in [-0.39, 0.29) is 17.4 Å². The Bertz CT molecular complexity index is 1040. The van der Waals surface area contributed by atoms with E-state index in [4.69, 9.17) is 0 Å². The topological polar surface area (TPSA) is 58.2 Å². The normalized spacial score (nSPS) is 16.0. The van der Waals surface area contributed by atoms with E-state index in [0.29, 0.717) is 11.1 Å². The molecule has 1 atom stereocenters. The summed E-state index contributed by atoms with van der Waals surface area (Å²) in [4.78, 5) is 26.1. The van der Waals surface area contributed by atoms with Crippen molar-refractivity contribution in [3.8, 4) is 0 Å². The van der Waals surface area contributed by atoms with Gasteiger partial charge in [-0.3, -0.25) is 9.59 Å². The lowest BCUT2D eigenvalue weighted by molar-refractivity contribution is -0.117. The molecule has 0 saturated carbocycles. The van der Waals surface area contributed by atoms with Crippen LogP contribution in [0, 0.1) is 0 Å². The lowest BCUT2D eigenvalue weighted by Crippen LogP contribution is -2.24. The Labute approximate surface area is 171 Å². The average molecular weight is 433 g/mol. The molecule has 28 heavy (non-hydrogen) atoms. The fourth-order valence-corrected chi connectivity index (χ4v) is 3.49. The number of halogens is 1. The lowest BCUT2D eigenvalue weighted by Gasteiger charge is -2.15. The number of benzene rings is 3. The molecule has 0 spiro atoms. The van der Waals surface area contributed by atoms with E-state index in [2.05, 4.69) is 26.6 Å². The van der Waals surface area contributed by atoms with Gasteiger partial charge in [-0.2, -0.15) is 0 Å². The van der Waals surface area contributed by atoms with E-state index >= 15 is 0 Å². The summed E-state index contributed by atoms with van der Waals surface area (Å²) in [6.45, 7) is 0. The van der Waals surface area contributed by atoms with Gasteiger partial charge in [0.15, 0.2) is 5.78 Å². The van der Waals surface area contributed by atoms with Gasteiger partial charge in [0.05, 0.1) is 11.6 Å². The third-order valence-corrected chi connectivity index (χ3v) is 5.12. The van der Waals surface area contributed by atoms with Gasteiger partial charge in [0.25, 0.3) is 5.91 Å². The molecule has 0 unspecified atom stereocenters. The second-order valence-corrected chi connectivity index (χ2v) is 7.35. The number of nitrogens with one attached hydrogen (secondary N) is 2. The molecule has 4 rings (SSSR count). The van der Waals surface area contributed by atoms with Crippen molar-refractivity contribution in [1.82, 2.24) is 5.32 Å². The number of carbonyl (C=O) groups is 2. The van der Waals surface area contributed by atoms with E-state index in [9.17, 15) is 9.59 Å². The van der Waals surface area contributed by atoms with Crippen molar-refractivity contribution in [2.45, 2.75) is 6.04 Å². The first-order chi connectivity index (χ1) is 13.6. The number of amides is 1. The highest BCUT2D eigenvalue weighted by molar-refractivity contribution is 9.10. The second-order valence-electron chi connectivity index (χ2n) is 6.43. The zero-order valence-electron chi connectivity index (χ0n) is 14.9. The van der Waals surface area contributed by atoms with Gasteiger partial charge in [0.2, 0.25) is 0 Å². The summed E-state index contributed by atoms with van der Waals surface area (Å²) in [5, 5.41) is 6.09. The number of rotatable bonds is 5. The third kappa shape index (κ3) is 3.62. The van der Waals surface area contributed by atoms with Gasteiger partial charge in [-0.1, -0.05) is 76.6 Å². The second kappa shape index (κ2) is 7.82. The summed E-state index contributed by atoms with van der Waals surface area (Å²) < 4.78 is 0.936. The molecule has 0 aliphatic carbocycles. The molecular formula is C23H17BrN2O2. The summed E-state index contributed by atoms with van der Waals surface area (Å²) in [7, 11) is 0. The van der Waals surface area contributed by atoms with Crippen molar-refractivity contribution < 1.29 is 9.59 Å². The van der Waals surface area contributed by atoms with Crippen LogP contribution in [0.5, 0.6) is 0 Å². The number of Topliss-reactive ketones (excluding diaryl/α,β-unsaturated/α-hetero) is 1. The summed E-state index contributed by atoms with van der Waals surface area (Å²) in [6.07, 6.45) is 0. The smallest absolute Gasteiger partial charge is 0.268 e. The molecule has 3 aromatic carbocycles. The van der Waals surface area contributed by atoms with Crippen molar-refractivity contribution in [3.05, 3.63) is 112 Å². The molecule has 0 bridgehead atoms. The van der Waals surface area contributed by atoms with Crippen LogP contribution in [0.1, 0.15) is 22.0 Å². The first kappa shape index (κ1) is 18.2. The highest BCUT2D eigenvalue weighted by Crippen LogP contribution is 2.33. The van der Waals surface area contributed by atoms with E-state index in [1.54, 1.807) is 12.1 Å². The van der Waals surface area contributed by atoms with Crippen LogP contribution in [-0.4, -0.2) is 11.7 Å². The molecule has 1 aliphatic heterocycles. The fourth-order valence-electron chi connectivity index (χ4n) is 3.23. The standard InChI is InChI=1S/C23H17BrN2O2/c24-17-11-13-18(14-12-17)25-21-19(22(27)16-9-5-2-6-10-16)20(26-23(21)28)15-7-3-1-4-8-15/h1-14,20,25H,(H,26,28)/t20-/m0/s1. The van der Waals surface area contributed by atoms with Crippen molar-refractivity contribution in [1.29, 1.82) is 0 Å². The molecule has 138 valence electrons. The van der Waals surface area contributed by atoms with Crippen LogP contribution in [-0.2, 0) is 4.79 Å². The predicted octanol–water partition coefficient (Wildman–Crippen LogP) is 4.87. The van der Waals surface area contributed by atoms with Gasteiger partial charge in [0.1, 0.15) is 5.70 Å². The Morgan fingerprint density at radius 1 is 0.857 bits per heavy atom. The first-order valence-electron chi connectivity index (χ1n) is 8.86. The van der Waals surface area contributed by atoms with Crippen LogP contribution in [0.2, 0.25) is 0 Å². The van der Waals surface area contributed by atoms with Gasteiger partial charge in [-0.25, -0.2) is 0 Å². The van der Waals surface area contributed by atoms with E-state index in [1.165, 1.54) is 0 Å². The Morgan fingerprint density at radius 3 is 2.11 bits per heavy atom. The number of hydrogen-bond donors (Lipinski definition) is 2. The average Bonchev–Trinajstić information content (AvgIpc) is 3.06. The quantitative estimate of drug-likeness (QED) is 0.565. The largest absolute Gasteiger partial charge is 0.351 e. The molecule has 1 heterocycles. The molecule has 2 N–H and O–H groups in total. The van der Waals surface area contributed by atoms with E-state index in [0.717, 1.165) is 15.7 Å². The van der Waals surface area contributed by atoms with Gasteiger partial charge in [-0.15, -0.1) is 0 Å². The molecule has 0 radical (unpaired) electrons. The zero-order chi connectivity index (χ0) is 19.5. The minimum absolute atomic E-state index is 0.174. The Morgan fingerprint density at radius 2 is 1.46 bits per heavy atom. The van der Waals surface area contributed by atoms with Gasteiger partial charge >= 0.3 is 0 Å². The number of hydrogen-bond acceptors (Lipinski definition) is 3. The molecule has 0 aromatic heterocycles. The molecular weight excluding hydrogens is 416 g/mol. The summed E-state index contributed by atoms with van der Waals surface area (Å²) >= 11 is 3.40. The molecule has 1 aliphatic rings. The van der Waals surface area contributed by atoms with E-state index in [1.807, 2.05) is 72.8 Å². The lowest BCUT2D eigenvalue weighted by atomic mass is 9.93. The highest BCUT2D eigenvalue weighted by Gasteiger charge is 2.37. The molecule has 0 fully saturated rings. The Kier molecular flexibility index (Phi) is 5.08. The molecule has 4 nitrogen and oxygen atoms in total. The van der Waals surface area contributed by atoms with Crippen molar-refractivity contribution in [2.24, 2.45) is 0 Å². The predicted molar refractivity (Wildman–Crippen MR) is 113 cm³/mol. The zero-order valence-corrected chi connectivity index (χ0v) is 16.4. The van der Waals surface area contributed by atoms with Gasteiger partial charge in [-0.05, 0) is 29.8 Å². The highest BCUT2D eigenvalue weighted by atomic mass is 79.9. The number of anilines is 1. The van der Waals surface area contributed by atoms with Gasteiger partial charge in [0, 0.05) is 15.7 Å². The van der Waals surface area contributed by atoms with Crippen LogP contribution >= 0.6 is 15.9 Å². The Balaban J connectivity index is 1.81. The van der Waals surface area contributed by atoms with Crippen LogP contribution in [0.25, 0.3) is 0 Å². The van der Waals surface area contributed by atoms with E-state index < -0.39 is 6.04 Å². The maximum Gasteiger partial charge on any atom is 0.268 e. The fraction of sp³-hybridized carbons (Fsp3) is 0.0435. The van der Waals surface area contributed by atoms with Crippen molar-refractivity contribution in [2.75, 3.05) is 5.32 Å². The Hall–Kier alpha value is -3.18. The van der Waals surface area contributed by atoms with Crippen LogP contribution in [0.3, 0.4) is 0 Å². The molecule has 0 saturated heterocycles. The molecule has 1 amide bonds. The van der Waals surface area contributed by atoms with Crippen molar-refractivity contribution >= 4 is 33.3 Å². The van der Waals surface area contributed by atoms with Crippen LogP contribution < -0.4 is 10.6 Å². The summed E-state index contributed by atoms with van der Waals surface area (Å²) in [6, 6.07) is 25.5.